The molecule has 0 radical (unpaired) electrons. The van der Waals surface area contributed by atoms with Crippen LogP contribution in [0.2, 0.25) is 0 Å². The second-order valence-corrected chi connectivity index (χ2v) is 8.07. The number of nitrogens with zero attached hydrogens (tertiary/aromatic N) is 2. The topological polar surface area (TPSA) is 54.3 Å². The Bertz CT molecular complexity index is 985. The van der Waals surface area contributed by atoms with Gasteiger partial charge in [-0.3, -0.25) is 14.2 Å². The van der Waals surface area contributed by atoms with E-state index in [1.54, 1.807) is 13.0 Å². The number of halogens is 3. The Morgan fingerprint density at radius 1 is 1.19 bits per heavy atom. The summed E-state index contributed by atoms with van der Waals surface area (Å²) in [5.74, 6) is -0.516. The van der Waals surface area contributed by atoms with Gasteiger partial charge in [0.2, 0.25) is 0 Å². The quantitative estimate of drug-likeness (QED) is 0.694. The van der Waals surface area contributed by atoms with Gasteiger partial charge in [-0.15, -0.1) is 0 Å². The maximum Gasteiger partial charge on any atom is 0.416 e. The van der Waals surface area contributed by atoms with Crippen LogP contribution in [-0.4, -0.2) is 41.1 Å². The maximum absolute atomic E-state index is 13.1. The summed E-state index contributed by atoms with van der Waals surface area (Å²) < 4.78 is 40.3. The van der Waals surface area contributed by atoms with Crippen molar-refractivity contribution in [2.75, 3.05) is 19.6 Å². The lowest BCUT2D eigenvalue weighted by atomic mass is 10.0. The van der Waals surface area contributed by atoms with Crippen LogP contribution in [0, 0.1) is 6.92 Å². The lowest BCUT2D eigenvalue weighted by molar-refractivity contribution is -0.137. The number of aryl methyl sites for hydroxylation is 1. The number of hydrogen-bond acceptors (Lipinski definition) is 3. The van der Waals surface area contributed by atoms with Gasteiger partial charge in [0, 0.05) is 30.5 Å². The van der Waals surface area contributed by atoms with Crippen molar-refractivity contribution in [3.8, 4) is 5.69 Å². The zero-order valence-electron chi connectivity index (χ0n) is 17.8. The predicted molar refractivity (Wildman–Crippen MR) is 114 cm³/mol. The van der Waals surface area contributed by atoms with Crippen molar-refractivity contribution in [2.45, 2.75) is 51.7 Å². The molecule has 168 valence electrons. The van der Waals surface area contributed by atoms with Gasteiger partial charge in [-0.2, -0.15) is 13.2 Å². The van der Waals surface area contributed by atoms with Gasteiger partial charge in [0.1, 0.15) is 5.56 Å². The highest BCUT2D eigenvalue weighted by Gasteiger charge is 2.30. The third kappa shape index (κ3) is 5.55. The first-order valence-electron chi connectivity index (χ1n) is 10.6. The molecular weight excluding hydrogens is 407 g/mol. The van der Waals surface area contributed by atoms with E-state index in [1.807, 2.05) is 0 Å². The number of rotatable bonds is 6. The Morgan fingerprint density at radius 2 is 1.97 bits per heavy atom. The average Bonchev–Trinajstić information content (AvgIpc) is 2.72. The van der Waals surface area contributed by atoms with Gasteiger partial charge in [0.15, 0.2) is 0 Å². The molecule has 5 nitrogen and oxygen atoms in total. The molecule has 1 aliphatic rings. The summed E-state index contributed by atoms with van der Waals surface area (Å²) in [6, 6.07) is 8.06. The van der Waals surface area contributed by atoms with Crippen molar-refractivity contribution >= 4 is 5.91 Å². The summed E-state index contributed by atoms with van der Waals surface area (Å²) in [6.07, 6.45) is -0.127. The molecule has 1 N–H and O–H groups in total. The smallest absolute Gasteiger partial charge is 0.352 e. The van der Waals surface area contributed by atoms with Crippen LogP contribution < -0.4 is 10.9 Å². The number of amides is 1. The highest BCUT2D eigenvalue weighted by molar-refractivity contribution is 5.93. The number of pyridine rings is 1. The van der Waals surface area contributed by atoms with Crippen molar-refractivity contribution in [1.82, 2.24) is 14.8 Å². The number of hydrogen-bond donors (Lipinski definition) is 1. The molecule has 0 saturated carbocycles. The van der Waals surface area contributed by atoms with Crippen LogP contribution in [0.3, 0.4) is 0 Å². The minimum Gasteiger partial charge on any atom is -0.352 e. The highest BCUT2D eigenvalue weighted by Crippen LogP contribution is 2.30. The van der Waals surface area contributed by atoms with E-state index in [0.29, 0.717) is 18.3 Å². The van der Waals surface area contributed by atoms with E-state index in [-0.39, 0.29) is 11.3 Å². The second kappa shape index (κ2) is 9.68. The molecule has 0 spiro atoms. The van der Waals surface area contributed by atoms with Gasteiger partial charge in [-0.05, 0) is 70.0 Å². The predicted octanol–water partition coefficient (Wildman–Crippen LogP) is 4.16. The standard InChI is InChI=1S/C23H28F3N3O2/c1-16-7-3-4-13-28(16)14-6-12-27-21(30)20-11-10-17(2)29(22(20)31)19-9-5-8-18(15-19)23(24,25)26/h5,8-11,15-16H,3-4,6-7,12-14H2,1-2H3,(H,27,30). The molecule has 1 fully saturated rings. The van der Waals surface area contributed by atoms with Crippen molar-refractivity contribution in [3.05, 3.63) is 63.6 Å². The monoisotopic (exact) mass is 435 g/mol. The summed E-state index contributed by atoms with van der Waals surface area (Å²) in [5, 5.41) is 2.77. The first-order chi connectivity index (χ1) is 14.7. The summed E-state index contributed by atoms with van der Waals surface area (Å²) >= 11 is 0. The zero-order valence-corrected chi connectivity index (χ0v) is 17.8. The SMILES string of the molecule is Cc1ccc(C(=O)NCCCN2CCCCC2C)c(=O)n1-c1cccc(C(F)(F)F)c1. The normalized spacial score (nSPS) is 17.5. The Balaban J connectivity index is 1.71. The van der Waals surface area contributed by atoms with Crippen LogP contribution in [0.25, 0.3) is 5.69 Å². The fraction of sp³-hybridized carbons (Fsp3) is 0.478. The Kier molecular flexibility index (Phi) is 7.20. The van der Waals surface area contributed by atoms with E-state index in [0.717, 1.165) is 36.2 Å². The third-order valence-electron chi connectivity index (χ3n) is 5.80. The molecule has 8 heteroatoms. The molecule has 2 aromatic rings. The van der Waals surface area contributed by atoms with Crippen LogP contribution in [0.5, 0.6) is 0 Å². The number of alkyl halides is 3. The largest absolute Gasteiger partial charge is 0.416 e. The Hall–Kier alpha value is -2.61. The van der Waals surface area contributed by atoms with E-state index in [1.165, 1.54) is 37.5 Å². The Morgan fingerprint density at radius 3 is 2.68 bits per heavy atom. The molecule has 0 bridgehead atoms. The lowest BCUT2D eigenvalue weighted by Gasteiger charge is -2.33. The molecule has 1 unspecified atom stereocenters. The van der Waals surface area contributed by atoms with Crippen LogP contribution in [0.15, 0.2) is 41.2 Å². The van der Waals surface area contributed by atoms with Crippen LogP contribution in [0.1, 0.15) is 54.2 Å². The average molecular weight is 435 g/mol. The van der Waals surface area contributed by atoms with Crippen LogP contribution in [-0.2, 0) is 6.18 Å². The van der Waals surface area contributed by atoms with Gasteiger partial charge in [0.25, 0.3) is 11.5 Å². The molecule has 2 heterocycles. The molecular formula is C23H28F3N3O2. The molecule has 1 amide bonds. The number of piperidine rings is 1. The first-order valence-corrected chi connectivity index (χ1v) is 10.6. The van der Waals surface area contributed by atoms with Gasteiger partial charge in [-0.1, -0.05) is 12.5 Å². The van der Waals surface area contributed by atoms with Gasteiger partial charge in [0.05, 0.1) is 5.56 Å². The second-order valence-electron chi connectivity index (χ2n) is 8.07. The van der Waals surface area contributed by atoms with E-state index < -0.39 is 23.2 Å². The lowest BCUT2D eigenvalue weighted by Crippen LogP contribution is -2.39. The van der Waals surface area contributed by atoms with E-state index in [9.17, 15) is 22.8 Å². The number of aromatic nitrogens is 1. The van der Waals surface area contributed by atoms with Gasteiger partial charge in [-0.25, -0.2) is 0 Å². The molecule has 1 saturated heterocycles. The summed E-state index contributed by atoms with van der Waals surface area (Å²) in [7, 11) is 0. The van der Waals surface area contributed by atoms with Gasteiger partial charge < -0.3 is 10.2 Å². The minimum absolute atomic E-state index is 0.0751. The third-order valence-corrected chi connectivity index (χ3v) is 5.80. The minimum atomic E-state index is -4.52. The summed E-state index contributed by atoms with van der Waals surface area (Å²) in [4.78, 5) is 27.9. The summed E-state index contributed by atoms with van der Waals surface area (Å²) in [6.45, 7) is 6.20. The van der Waals surface area contributed by atoms with Crippen LogP contribution in [0.4, 0.5) is 13.2 Å². The van der Waals surface area contributed by atoms with Crippen molar-refractivity contribution < 1.29 is 18.0 Å². The molecule has 3 rings (SSSR count). The number of carbonyl (C=O) groups excluding carboxylic acids is 1. The number of likely N-dealkylation sites (tertiary alicyclic amines) is 1. The molecule has 1 aliphatic heterocycles. The molecule has 1 aromatic carbocycles. The first kappa shape index (κ1) is 23.1. The molecule has 1 aromatic heterocycles. The van der Waals surface area contributed by atoms with Crippen molar-refractivity contribution in [1.29, 1.82) is 0 Å². The summed E-state index contributed by atoms with van der Waals surface area (Å²) in [5.41, 5.74) is -1.06. The fourth-order valence-corrected chi connectivity index (χ4v) is 4.01. The van der Waals surface area contributed by atoms with E-state index in [2.05, 4.69) is 17.1 Å². The molecule has 0 aliphatic carbocycles. The van der Waals surface area contributed by atoms with Crippen molar-refractivity contribution in [3.63, 3.8) is 0 Å². The maximum atomic E-state index is 13.1. The van der Waals surface area contributed by atoms with E-state index in [4.69, 9.17) is 0 Å². The molecule has 1 atom stereocenters. The highest BCUT2D eigenvalue weighted by atomic mass is 19.4. The number of carbonyl (C=O) groups is 1. The van der Waals surface area contributed by atoms with Crippen LogP contribution >= 0.6 is 0 Å². The number of benzene rings is 1. The fourth-order valence-electron chi connectivity index (χ4n) is 4.01. The van der Waals surface area contributed by atoms with E-state index >= 15 is 0 Å². The van der Waals surface area contributed by atoms with Crippen molar-refractivity contribution in [2.24, 2.45) is 0 Å². The van der Waals surface area contributed by atoms with Gasteiger partial charge >= 0.3 is 6.18 Å². The Labute approximate surface area is 179 Å². The number of nitrogens with one attached hydrogen (secondary N) is 1. The zero-order chi connectivity index (χ0) is 22.6. The molecule has 31 heavy (non-hydrogen) atoms.